The van der Waals surface area contributed by atoms with Gasteiger partial charge in [-0.1, -0.05) is 0 Å². The van der Waals surface area contributed by atoms with Crippen LogP contribution in [0, 0.1) is 25.2 Å². The van der Waals surface area contributed by atoms with Crippen LogP contribution in [-0.4, -0.2) is 41.5 Å². The van der Waals surface area contributed by atoms with E-state index in [9.17, 15) is 10.1 Å². The second-order valence-corrected chi connectivity index (χ2v) is 5.54. The summed E-state index contributed by atoms with van der Waals surface area (Å²) in [7, 11) is 2.02. The Bertz CT molecular complexity index is 553. The van der Waals surface area contributed by atoms with E-state index in [2.05, 4.69) is 21.3 Å². The molecule has 0 spiro atoms. The Balaban J connectivity index is 2.16. The molecule has 0 aliphatic carbocycles. The standard InChI is InChI=1S/C15H20N4O/c1-11-4-5-13(12(2)17-11)14(20)18-15(10-16)6-8-19(3)9-7-15/h4-5H,6-9H2,1-3H3,(H,18,20). The van der Waals surface area contributed by atoms with E-state index in [0.717, 1.165) is 18.8 Å². The topological polar surface area (TPSA) is 69.0 Å². The van der Waals surface area contributed by atoms with Crippen molar-refractivity contribution in [1.29, 1.82) is 5.26 Å². The maximum atomic E-state index is 12.4. The van der Waals surface area contributed by atoms with Crippen LogP contribution in [-0.2, 0) is 0 Å². The molecule has 20 heavy (non-hydrogen) atoms. The number of hydrogen-bond acceptors (Lipinski definition) is 4. The van der Waals surface area contributed by atoms with Crippen LogP contribution in [0.2, 0.25) is 0 Å². The van der Waals surface area contributed by atoms with Gasteiger partial charge in [-0.25, -0.2) is 0 Å². The number of aryl methyl sites for hydroxylation is 2. The summed E-state index contributed by atoms with van der Waals surface area (Å²) in [6, 6.07) is 5.88. The maximum absolute atomic E-state index is 12.4. The highest BCUT2D eigenvalue weighted by molar-refractivity contribution is 5.95. The van der Waals surface area contributed by atoms with Crippen LogP contribution in [0.25, 0.3) is 0 Å². The third kappa shape index (κ3) is 2.97. The summed E-state index contributed by atoms with van der Waals surface area (Å²) in [6.45, 7) is 5.34. The summed E-state index contributed by atoms with van der Waals surface area (Å²) in [5, 5.41) is 12.4. The second kappa shape index (κ2) is 5.59. The zero-order chi connectivity index (χ0) is 14.8. The fourth-order valence-electron chi connectivity index (χ4n) is 2.48. The van der Waals surface area contributed by atoms with Crippen molar-refractivity contribution < 1.29 is 4.79 Å². The van der Waals surface area contributed by atoms with Crippen molar-refractivity contribution in [2.75, 3.05) is 20.1 Å². The van der Waals surface area contributed by atoms with Crippen molar-refractivity contribution in [2.45, 2.75) is 32.2 Å². The molecule has 5 heteroatoms. The average molecular weight is 272 g/mol. The highest BCUT2D eigenvalue weighted by Gasteiger charge is 2.35. The van der Waals surface area contributed by atoms with Crippen LogP contribution in [0.3, 0.4) is 0 Å². The molecule has 1 aliphatic heterocycles. The van der Waals surface area contributed by atoms with E-state index in [1.165, 1.54) is 0 Å². The minimum atomic E-state index is -0.749. The van der Waals surface area contributed by atoms with Gasteiger partial charge in [-0.2, -0.15) is 5.26 Å². The molecule has 2 rings (SSSR count). The molecule has 1 aromatic heterocycles. The summed E-state index contributed by atoms with van der Waals surface area (Å²) < 4.78 is 0. The lowest BCUT2D eigenvalue weighted by molar-refractivity contribution is 0.0881. The molecule has 0 aromatic carbocycles. The van der Waals surface area contributed by atoms with Crippen molar-refractivity contribution in [2.24, 2.45) is 0 Å². The monoisotopic (exact) mass is 272 g/mol. The molecule has 5 nitrogen and oxygen atoms in total. The Labute approximate surface area is 119 Å². The Morgan fingerprint density at radius 2 is 2.05 bits per heavy atom. The number of nitrogens with one attached hydrogen (secondary N) is 1. The van der Waals surface area contributed by atoms with E-state index < -0.39 is 5.54 Å². The minimum absolute atomic E-state index is 0.207. The van der Waals surface area contributed by atoms with Gasteiger partial charge >= 0.3 is 0 Å². The first-order valence-electron chi connectivity index (χ1n) is 6.82. The lowest BCUT2D eigenvalue weighted by atomic mass is 9.88. The number of nitriles is 1. The predicted molar refractivity (Wildman–Crippen MR) is 76.3 cm³/mol. The number of carbonyl (C=O) groups excluding carboxylic acids is 1. The lowest BCUT2D eigenvalue weighted by Gasteiger charge is -2.36. The largest absolute Gasteiger partial charge is 0.334 e. The van der Waals surface area contributed by atoms with E-state index in [1.54, 1.807) is 6.07 Å². The van der Waals surface area contributed by atoms with Crippen LogP contribution in [0.15, 0.2) is 12.1 Å². The van der Waals surface area contributed by atoms with Gasteiger partial charge in [0, 0.05) is 18.8 Å². The maximum Gasteiger partial charge on any atom is 0.254 e. The molecule has 1 amide bonds. The van der Waals surface area contributed by atoms with Crippen molar-refractivity contribution in [1.82, 2.24) is 15.2 Å². The van der Waals surface area contributed by atoms with Gasteiger partial charge in [0.25, 0.3) is 5.91 Å². The lowest BCUT2D eigenvalue weighted by Crippen LogP contribution is -2.53. The van der Waals surface area contributed by atoms with Gasteiger partial charge < -0.3 is 10.2 Å². The van der Waals surface area contributed by atoms with Crippen molar-refractivity contribution in [3.8, 4) is 6.07 Å². The van der Waals surface area contributed by atoms with Crippen LogP contribution in [0.4, 0.5) is 0 Å². The summed E-state index contributed by atoms with van der Waals surface area (Å²) in [5.41, 5.74) is 1.38. The van der Waals surface area contributed by atoms with Gasteiger partial charge in [-0.3, -0.25) is 9.78 Å². The van der Waals surface area contributed by atoms with Gasteiger partial charge in [0.15, 0.2) is 0 Å². The van der Waals surface area contributed by atoms with Gasteiger partial charge in [0.2, 0.25) is 0 Å². The first kappa shape index (κ1) is 14.5. The van der Waals surface area contributed by atoms with Crippen molar-refractivity contribution >= 4 is 5.91 Å². The Morgan fingerprint density at radius 1 is 1.40 bits per heavy atom. The number of amides is 1. The number of likely N-dealkylation sites (tertiary alicyclic amines) is 1. The van der Waals surface area contributed by atoms with Crippen LogP contribution >= 0.6 is 0 Å². The fraction of sp³-hybridized carbons (Fsp3) is 0.533. The number of rotatable bonds is 2. The molecular formula is C15H20N4O. The summed E-state index contributed by atoms with van der Waals surface area (Å²) in [4.78, 5) is 18.8. The molecule has 0 bridgehead atoms. The first-order chi connectivity index (χ1) is 9.46. The van der Waals surface area contributed by atoms with E-state index in [4.69, 9.17) is 0 Å². The predicted octanol–water partition coefficient (Wildman–Crippen LogP) is 1.42. The molecule has 0 radical (unpaired) electrons. The molecule has 106 valence electrons. The van der Waals surface area contributed by atoms with E-state index in [0.29, 0.717) is 24.1 Å². The van der Waals surface area contributed by atoms with Gasteiger partial charge in [0.1, 0.15) is 5.54 Å². The van der Waals surface area contributed by atoms with Crippen LogP contribution in [0.1, 0.15) is 34.6 Å². The molecule has 2 heterocycles. The van der Waals surface area contributed by atoms with E-state index >= 15 is 0 Å². The summed E-state index contributed by atoms with van der Waals surface area (Å²) >= 11 is 0. The first-order valence-corrected chi connectivity index (χ1v) is 6.82. The number of aromatic nitrogens is 1. The minimum Gasteiger partial charge on any atom is -0.334 e. The van der Waals surface area contributed by atoms with E-state index in [-0.39, 0.29) is 5.91 Å². The molecule has 0 saturated carbocycles. The van der Waals surface area contributed by atoms with Gasteiger partial charge in [-0.05, 0) is 45.9 Å². The molecule has 1 aliphatic rings. The Morgan fingerprint density at radius 3 is 2.60 bits per heavy atom. The molecule has 1 aromatic rings. The smallest absolute Gasteiger partial charge is 0.254 e. The molecular weight excluding hydrogens is 252 g/mol. The highest BCUT2D eigenvalue weighted by atomic mass is 16.1. The van der Waals surface area contributed by atoms with Crippen molar-refractivity contribution in [3.63, 3.8) is 0 Å². The third-order valence-corrected chi connectivity index (χ3v) is 3.88. The SMILES string of the molecule is Cc1ccc(C(=O)NC2(C#N)CCN(C)CC2)c(C)n1. The fourth-order valence-corrected chi connectivity index (χ4v) is 2.48. The van der Waals surface area contributed by atoms with E-state index in [1.807, 2.05) is 27.0 Å². The van der Waals surface area contributed by atoms with Crippen molar-refractivity contribution in [3.05, 3.63) is 29.1 Å². The van der Waals surface area contributed by atoms with Gasteiger partial charge in [-0.15, -0.1) is 0 Å². The zero-order valence-corrected chi connectivity index (χ0v) is 12.2. The summed E-state index contributed by atoms with van der Waals surface area (Å²) in [6.07, 6.45) is 1.31. The summed E-state index contributed by atoms with van der Waals surface area (Å²) in [5.74, 6) is -0.207. The Hall–Kier alpha value is -1.93. The number of piperidine rings is 1. The molecule has 1 N–H and O–H groups in total. The average Bonchev–Trinajstić information content (AvgIpc) is 2.41. The molecule has 1 saturated heterocycles. The normalized spacial score (nSPS) is 18.3. The number of carbonyl (C=O) groups is 1. The highest BCUT2D eigenvalue weighted by Crippen LogP contribution is 2.21. The van der Waals surface area contributed by atoms with Crippen LogP contribution in [0.5, 0.6) is 0 Å². The Kier molecular flexibility index (Phi) is 4.05. The van der Waals surface area contributed by atoms with Gasteiger partial charge in [0.05, 0.1) is 17.3 Å². The zero-order valence-electron chi connectivity index (χ0n) is 12.2. The third-order valence-electron chi connectivity index (χ3n) is 3.88. The molecule has 0 unspecified atom stereocenters. The molecule has 1 fully saturated rings. The molecule has 0 atom stereocenters. The van der Waals surface area contributed by atoms with Crippen LogP contribution < -0.4 is 5.32 Å². The second-order valence-electron chi connectivity index (χ2n) is 5.54. The quantitative estimate of drug-likeness (QED) is 0.884. The number of pyridine rings is 1. The number of nitrogens with zero attached hydrogens (tertiary/aromatic N) is 3. The number of hydrogen-bond donors (Lipinski definition) is 1.